The normalized spacial score (nSPS) is 11.8. The molecule has 2 rings (SSSR count). The lowest BCUT2D eigenvalue weighted by molar-refractivity contribution is 0.0518. The number of carbonyl (C=O) groups is 1. The van der Waals surface area contributed by atoms with Crippen molar-refractivity contribution >= 4 is 27.6 Å². The van der Waals surface area contributed by atoms with E-state index in [-0.39, 0.29) is 22.2 Å². The SMILES string of the molecule is CCOC(=O)c1n[nH]c(C)c1Cc1ccc(S(=O)(=O)N(C)C)c(Cl)c1. The summed E-state index contributed by atoms with van der Waals surface area (Å²) in [6.45, 7) is 3.78. The standard InChI is InChI=1S/C16H20ClN3O4S/c1-5-24-16(21)15-12(10(2)18-19-15)8-11-6-7-14(13(17)9-11)25(22,23)20(3)4/h6-7,9H,5,8H2,1-4H3,(H,18,19). The van der Waals surface area contributed by atoms with Gasteiger partial charge in [0.1, 0.15) is 4.90 Å². The van der Waals surface area contributed by atoms with Crippen LogP contribution in [-0.2, 0) is 21.2 Å². The summed E-state index contributed by atoms with van der Waals surface area (Å²) in [6.07, 6.45) is 0.374. The molecule has 0 aliphatic heterocycles. The van der Waals surface area contributed by atoms with Crippen molar-refractivity contribution in [3.8, 4) is 0 Å². The van der Waals surface area contributed by atoms with E-state index in [1.165, 1.54) is 20.2 Å². The minimum absolute atomic E-state index is 0.0393. The van der Waals surface area contributed by atoms with Gasteiger partial charge in [-0.2, -0.15) is 5.10 Å². The van der Waals surface area contributed by atoms with Crippen LogP contribution in [0.5, 0.6) is 0 Å². The molecule has 0 radical (unpaired) electrons. The van der Waals surface area contributed by atoms with Crippen LogP contribution in [0.1, 0.15) is 34.2 Å². The van der Waals surface area contributed by atoms with Crippen LogP contribution in [0, 0.1) is 6.92 Å². The van der Waals surface area contributed by atoms with Gasteiger partial charge in [0.05, 0.1) is 11.6 Å². The van der Waals surface area contributed by atoms with Crippen molar-refractivity contribution in [1.29, 1.82) is 0 Å². The second kappa shape index (κ2) is 7.55. The number of aryl methyl sites for hydroxylation is 1. The number of hydrogen-bond acceptors (Lipinski definition) is 5. The second-order valence-corrected chi connectivity index (χ2v) is 8.15. The van der Waals surface area contributed by atoms with Crippen LogP contribution < -0.4 is 0 Å². The molecule has 2 aromatic rings. The zero-order valence-electron chi connectivity index (χ0n) is 14.5. The first-order chi connectivity index (χ1) is 11.7. The fraction of sp³-hybridized carbons (Fsp3) is 0.375. The molecule has 0 amide bonds. The second-order valence-electron chi connectivity index (χ2n) is 5.63. The van der Waals surface area contributed by atoms with Gasteiger partial charge < -0.3 is 4.74 Å². The Morgan fingerprint density at radius 1 is 1.36 bits per heavy atom. The molecular weight excluding hydrogens is 366 g/mol. The molecule has 1 heterocycles. The predicted octanol–water partition coefficient (Wildman–Crippen LogP) is 2.39. The topological polar surface area (TPSA) is 92.4 Å². The summed E-state index contributed by atoms with van der Waals surface area (Å²) in [5.41, 5.74) is 2.42. The summed E-state index contributed by atoms with van der Waals surface area (Å²) in [6, 6.07) is 4.72. The molecule has 0 spiro atoms. The van der Waals surface area contributed by atoms with Gasteiger partial charge >= 0.3 is 5.97 Å². The van der Waals surface area contributed by atoms with E-state index in [1.807, 2.05) is 0 Å². The molecular formula is C16H20ClN3O4S. The zero-order chi connectivity index (χ0) is 18.8. The molecule has 0 aliphatic rings. The van der Waals surface area contributed by atoms with Crippen LogP contribution in [0.2, 0.25) is 5.02 Å². The quantitative estimate of drug-likeness (QED) is 0.771. The van der Waals surface area contributed by atoms with E-state index in [0.29, 0.717) is 12.0 Å². The van der Waals surface area contributed by atoms with Crippen LogP contribution in [-0.4, -0.2) is 49.6 Å². The Hall–Kier alpha value is -1.90. The highest BCUT2D eigenvalue weighted by Gasteiger charge is 2.22. The highest BCUT2D eigenvalue weighted by molar-refractivity contribution is 7.89. The van der Waals surface area contributed by atoms with Crippen molar-refractivity contribution in [3.05, 3.63) is 45.7 Å². The number of carbonyl (C=O) groups excluding carboxylic acids is 1. The zero-order valence-corrected chi connectivity index (χ0v) is 16.0. The minimum Gasteiger partial charge on any atom is -0.461 e. The third-order valence-electron chi connectivity index (χ3n) is 3.68. The van der Waals surface area contributed by atoms with Crippen LogP contribution in [0.15, 0.2) is 23.1 Å². The largest absolute Gasteiger partial charge is 0.461 e. The Labute approximate surface area is 152 Å². The molecule has 0 bridgehead atoms. The Balaban J connectivity index is 2.36. The number of H-pyrrole nitrogens is 1. The van der Waals surface area contributed by atoms with Crippen LogP contribution in [0.3, 0.4) is 0 Å². The monoisotopic (exact) mass is 385 g/mol. The van der Waals surface area contributed by atoms with Gasteiger partial charge in [0.2, 0.25) is 10.0 Å². The predicted molar refractivity (Wildman–Crippen MR) is 94.4 cm³/mol. The number of halogens is 1. The summed E-state index contributed by atoms with van der Waals surface area (Å²) in [7, 11) is -0.726. The van der Waals surface area contributed by atoms with Crippen molar-refractivity contribution in [2.75, 3.05) is 20.7 Å². The van der Waals surface area contributed by atoms with Crippen molar-refractivity contribution in [3.63, 3.8) is 0 Å². The molecule has 0 saturated carbocycles. The van der Waals surface area contributed by atoms with Gasteiger partial charge in [-0.15, -0.1) is 0 Å². The number of ether oxygens (including phenoxy) is 1. The lowest BCUT2D eigenvalue weighted by Crippen LogP contribution is -2.22. The number of nitrogens with one attached hydrogen (secondary N) is 1. The van der Waals surface area contributed by atoms with Crippen molar-refractivity contribution in [2.24, 2.45) is 0 Å². The molecule has 1 N–H and O–H groups in total. The molecule has 25 heavy (non-hydrogen) atoms. The molecule has 0 atom stereocenters. The highest BCUT2D eigenvalue weighted by Crippen LogP contribution is 2.26. The molecule has 1 aromatic carbocycles. The van der Waals surface area contributed by atoms with Crippen LogP contribution in [0.4, 0.5) is 0 Å². The van der Waals surface area contributed by atoms with E-state index in [4.69, 9.17) is 16.3 Å². The van der Waals surface area contributed by atoms with Crippen LogP contribution in [0.25, 0.3) is 0 Å². The Morgan fingerprint density at radius 3 is 2.60 bits per heavy atom. The summed E-state index contributed by atoms with van der Waals surface area (Å²) in [4.78, 5) is 12.0. The van der Waals surface area contributed by atoms with Gasteiger partial charge in [-0.25, -0.2) is 17.5 Å². The molecule has 0 fully saturated rings. The smallest absolute Gasteiger partial charge is 0.359 e. The van der Waals surface area contributed by atoms with Gasteiger partial charge in [-0.05, 0) is 31.5 Å². The fourth-order valence-corrected chi connectivity index (χ4v) is 3.74. The fourth-order valence-electron chi connectivity index (χ4n) is 2.30. The maximum absolute atomic E-state index is 12.2. The first kappa shape index (κ1) is 19.4. The van der Waals surface area contributed by atoms with E-state index in [1.54, 1.807) is 26.0 Å². The molecule has 0 unspecified atom stereocenters. The number of aromatic amines is 1. The average Bonchev–Trinajstić information content (AvgIpc) is 2.88. The van der Waals surface area contributed by atoms with E-state index < -0.39 is 16.0 Å². The lowest BCUT2D eigenvalue weighted by atomic mass is 10.0. The van der Waals surface area contributed by atoms with Gasteiger partial charge in [0.25, 0.3) is 0 Å². The number of benzene rings is 1. The van der Waals surface area contributed by atoms with E-state index in [9.17, 15) is 13.2 Å². The van der Waals surface area contributed by atoms with E-state index in [0.717, 1.165) is 15.6 Å². The summed E-state index contributed by atoms with van der Waals surface area (Å²) in [5.74, 6) is -0.500. The van der Waals surface area contributed by atoms with Gasteiger partial charge in [-0.3, -0.25) is 5.10 Å². The molecule has 136 valence electrons. The third kappa shape index (κ3) is 4.02. The highest BCUT2D eigenvalue weighted by atomic mass is 35.5. The molecule has 9 heteroatoms. The molecule has 7 nitrogen and oxygen atoms in total. The first-order valence-electron chi connectivity index (χ1n) is 7.60. The third-order valence-corrected chi connectivity index (χ3v) is 5.98. The van der Waals surface area contributed by atoms with Crippen molar-refractivity contribution in [2.45, 2.75) is 25.2 Å². The number of nitrogens with zero attached hydrogens (tertiary/aromatic N) is 2. The van der Waals surface area contributed by atoms with Gasteiger partial charge in [0, 0.05) is 31.8 Å². The maximum atomic E-state index is 12.2. The Kier molecular flexibility index (Phi) is 5.87. The number of hydrogen-bond donors (Lipinski definition) is 1. The van der Waals surface area contributed by atoms with Gasteiger partial charge in [0.15, 0.2) is 5.69 Å². The molecule has 1 aromatic heterocycles. The summed E-state index contributed by atoms with van der Waals surface area (Å²) >= 11 is 6.17. The first-order valence-corrected chi connectivity index (χ1v) is 9.42. The maximum Gasteiger partial charge on any atom is 0.359 e. The van der Waals surface area contributed by atoms with E-state index >= 15 is 0 Å². The molecule has 0 aliphatic carbocycles. The Bertz CT molecular complexity index is 891. The number of esters is 1. The van der Waals surface area contributed by atoms with E-state index in [2.05, 4.69) is 10.2 Å². The summed E-state index contributed by atoms with van der Waals surface area (Å²) in [5, 5.41) is 6.90. The number of sulfonamides is 1. The van der Waals surface area contributed by atoms with Gasteiger partial charge in [-0.1, -0.05) is 17.7 Å². The lowest BCUT2D eigenvalue weighted by Gasteiger charge is -2.13. The average molecular weight is 386 g/mol. The van der Waals surface area contributed by atoms with Crippen molar-refractivity contribution in [1.82, 2.24) is 14.5 Å². The van der Waals surface area contributed by atoms with Crippen LogP contribution >= 0.6 is 11.6 Å². The summed E-state index contributed by atoms with van der Waals surface area (Å²) < 4.78 is 30.5. The minimum atomic E-state index is -3.61. The molecule has 0 saturated heterocycles. The van der Waals surface area contributed by atoms with Crippen molar-refractivity contribution < 1.29 is 17.9 Å². The Morgan fingerprint density at radius 2 is 2.04 bits per heavy atom. The number of rotatable bonds is 6. The number of aromatic nitrogens is 2.